The van der Waals surface area contributed by atoms with Crippen LogP contribution in [0.25, 0.3) is 11.0 Å². The maximum atomic E-state index is 13.0. The molecule has 0 spiro atoms. The molecule has 5 rings (SSSR count). The SMILES string of the molecule is COC(=O)c1c(NC(=O)COc2ccc3c(=O)c(Oc4cc(C)ccc4C)coc3c2)sc2c1CCC(C)C2. The Labute approximate surface area is 229 Å². The number of hydrogen-bond acceptors (Lipinski definition) is 8. The Morgan fingerprint density at radius 3 is 2.74 bits per heavy atom. The highest BCUT2D eigenvalue weighted by Gasteiger charge is 2.29. The van der Waals surface area contributed by atoms with Crippen molar-refractivity contribution < 1.29 is 28.2 Å². The Hall–Kier alpha value is -4.11. The third-order valence-corrected chi connectivity index (χ3v) is 7.97. The van der Waals surface area contributed by atoms with Crippen LogP contribution in [-0.2, 0) is 22.4 Å². The molecule has 4 aromatic rings. The molecule has 1 N–H and O–H groups in total. The van der Waals surface area contributed by atoms with Gasteiger partial charge in [-0.15, -0.1) is 11.3 Å². The number of methoxy groups -OCH3 is 1. The average molecular weight is 548 g/mol. The minimum atomic E-state index is -0.455. The first kappa shape index (κ1) is 26.5. The number of amides is 1. The average Bonchev–Trinajstić information content (AvgIpc) is 3.27. The van der Waals surface area contributed by atoms with E-state index in [0.717, 1.165) is 40.8 Å². The van der Waals surface area contributed by atoms with Gasteiger partial charge in [0.2, 0.25) is 11.2 Å². The molecule has 1 atom stereocenters. The Balaban J connectivity index is 1.29. The van der Waals surface area contributed by atoms with Crippen molar-refractivity contribution >= 4 is 39.2 Å². The number of thiophene rings is 1. The second kappa shape index (κ2) is 10.9. The van der Waals surface area contributed by atoms with Gasteiger partial charge in [0, 0.05) is 10.9 Å². The molecule has 1 amide bonds. The van der Waals surface area contributed by atoms with Crippen molar-refractivity contribution in [2.45, 2.75) is 40.0 Å². The number of hydrogen-bond donors (Lipinski definition) is 1. The first-order valence-electron chi connectivity index (χ1n) is 12.7. The van der Waals surface area contributed by atoms with E-state index in [2.05, 4.69) is 12.2 Å². The Bertz CT molecular complexity index is 1630. The summed E-state index contributed by atoms with van der Waals surface area (Å²) in [5, 5.41) is 3.63. The van der Waals surface area contributed by atoms with Gasteiger partial charge in [-0.05, 0) is 73.9 Å². The van der Waals surface area contributed by atoms with Gasteiger partial charge in [-0.2, -0.15) is 0 Å². The predicted octanol–water partition coefficient (Wildman–Crippen LogP) is 6.19. The molecule has 1 aliphatic rings. The van der Waals surface area contributed by atoms with Crippen LogP contribution in [0.5, 0.6) is 17.2 Å². The van der Waals surface area contributed by atoms with Crippen LogP contribution in [0.4, 0.5) is 5.00 Å². The lowest BCUT2D eigenvalue weighted by Crippen LogP contribution is -2.21. The van der Waals surface area contributed by atoms with Crippen LogP contribution in [0, 0.1) is 19.8 Å². The summed E-state index contributed by atoms with van der Waals surface area (Å²) < 4.78 is 22.2. The minimum Gasteiger partial charge on any atom is -0.484 e. The molecule has 0 saturated carbocycles. The van der Waals surface area contributed by atoms with Gasteiger partial charge in [-0.1, -0.05) is 19.1 Å². The second-order valence-corrected chi connectivity index (χ2v) is 10.9. The minimum absolute atomic E-state index is 0.0821. The standard InChI is InChI=1S/C30H29NO7S/c1-16-5-7-18(3)22(11-16)38-24-14-37-23-13-19(8-10-20(23)28(24)33)36-15-26(32)31-29-27(30(34)35-4)21-9-6-17(2)12-25(21)39-29/h5,7-8,10-11,13-14,17H,6,9,12,15H2,1-4H3,(H,31,32). The van der Waals surface area contributed by atoms with Crippen LogP contribution in [0.3, 0.4) is 0 Å². The van der Waals surface area contributed by atoms with Crippen molar-refractivity contribution in [3.05, 3.63) is 80.0 Å². The largest absolute Gasteiger partial charge is 0.484 e. The van der Waals surface area contributed by atoms with Crippen molar-refractivity contribution in [2.24, 2.45) is 5.92 Å². The molecule has 8 nitrogen and oxygen atoms in total. The van der Waals surface area contributed by atoms with Crippen LogP contribution >= 0.6 is 11.3 Å². The van der Waals surface area contributed by atoms with Gasteiger partial charge >= 0.3 is 5.97 Å². The lowest BCUT2D eigenvalue weighted by molar-refractivity contribution is -0.118. The van der Waals surface area contributed by atoms with Gasteiger partial charge in [-0.25, -0.2) is 4.79 Å². The second-order valence-electron chi connectivity index (χ2n) is 9.84. The number of carbonyl (C=O) groups is 2. The number of anilines is 1. The molecule has 9 heteroatoms. The summed E-state index contributed by atoms with van der Waals surface area (Å²) >= 11 is 1.42. The molecule has 0 saturated heterocycles. The van der Waals surface area contributed by atoms with Crippen LogP contribution in [0.2, 0.25) is 0 Å². The summed E-state index contributed by atoms with van der Waals surface area (Å²) in [5.41, 5.74) is 3.31. The molecule has 1 aliphatic carbocycles. The van der Waals surface area contributed by atoms with Crippen molar-refractivity contribution in [2.75, 3.05) is 19.0 Å². The van der Waals surface area contributed by atoms with Gasteiger partial charge < -0.3 is 23.9 Å². The number of esters is 1. The van der Waals surface area contributed by atoms with Gasteiger partial charge in [0.05, 0.1) is 18.1 Å². The summed E-state index contributed by atoms with van der Waals surface area (Å²) in [5.74, 6) is 0.685. The summed E-state index contributed by atoms with van der Waals surface area (Å²) in [6.45, 7) is 5.74. The summed E-state index contributed by atoms with van der Waals surface area (Å²) in [6.07, 6.45) is 3.91. The third kappa shape index (κ3) is 5.54. The quantitative estimate of drug-likeness (QED) is 0.275. The first-order valence-corrected chi connectivity index (χ1v) is 13.5. The zero-order chi connectivity index (χ0) is 27.7. The smallest absolute Gasteiger partial charge is 0.341 e. The summed E-state index contributed by atoms with van der Waals surface area (Å²) in [4.78, 5) is 39.3. The Morgan fingerprint density at radius 2 is 1.95 bits per heavy atom. The predicted molar refractivity (Wildman–Crippen MR) is 149 cm³/mol. The molecule has 0 aliphatic heterocycles. The maximum Gasteiger partial charge on any atom is 0.341 e. The number of aryl methyl sites for hydroxylation is 2. The summed E-state index contributed by atoms with van der Waals surface area (Å²) in [6, 6.07) is 10.5. The lowest BCUT2D eigenvalue weighted by atomic mass is 9.88. The topological polar surface area (TPSA) is 104 Å². The maximum absolute atomic E-state index is 13.0. The van der Waals surface area contributed by atoms with Gasteiger partial charge in [-0.3, -0.25) is 9.59 Å². The van der Waals surface area contributed by atoms with E-state index in [0.29, 0.717) is 39.0 Å². The Kier molecular flexibility index (Phi) is 7.43. The number of rotatable bonds is 7. The molecular weight excluding hydrogens is 518 g/mol. The molecule has 2 aromatic heterocycles. The molecule has 39 heavy (non-hydrogen) atoms. The van der Waals surface area contributed by atoms with E-state index >= 15 is 0 Å². The van der Waals surface area contributed by atoms with Gasteiger partial charge in [0.25, 0.3) is 5.91 Å². The molecule has 202 valence electrons. The van der Waals surface area contributed by atoms with Crippen LogP contribution in [-0.4, -0.2) is 25.6 Å². The molecule has 0 fully saturated rings. The highest BCUT2D eigenvalue weighted by molar-refractivity contribution is 7.17. The van der Waals surface area contributed by atoms with Gasteiger partial charge in [0.15, 0.2) is 6.61 Å². The van der Waals surface area contributed by atoms with E-state index in [1.54, 1.807) is 18.2 Å². The van der Waals surface area contributed by atoms with E-state index in [1.165, 1.54) is 24.7 Å². The highest BCUT2D eigenvalue weighted by Crippen LogP contribution is 2.40. The van der Waals surface area contributed by atoms with Crippen molar-refractivity contribution in [1.82, 2.24) is 0 Å². The number of ether oxygens (including phenoxy) is 3. The van der Waals surface area contributed by atoms with Crippen LogP contribution in [0.1, 0.15) is 45.3 Å². The van der Waals surface area contributed by atoms with E-state index in [-0.39, 0.29) is 17.8 Å². The number of carbonyl (C=O) groups excluding carboxylic acids is 2. The normalized spacial score (nSPS) is 14.5. The molecule has 0 radical (unpaired) electrons. The Morgan fingerprint density at radius 1 is 1.13 bits per heavy atom. The lowest BCUT2D eigenvalue weighted by Gasteiger charge is -2.18. The molecule has 1 unspecified atom stereocenters. The fraction of sp³-hybridized carbons (Fsp3) is 0.300. The zero-order valence-corrected chi connectivity index (χ0v) is 23.0. The number of fused-ring (bicyclic) bond motifs is 2. The van der Waals surface area contributed by atoms with Crippen LogP contribution < -0.4 is 20.2 Å². The van der Waals surface area contributed by atoms with Crippen molar-refractivity contribution in [3.63, 3.8) is 0 Å². The first-order chi connectivity index (χ1) is 18.7. The summed E-state index contributed by atoms with van der Waals surface area (Å²) in [7, 11) is 1.34. The van der Waals surface area contributed by atoms with Crippen molar-refractivity contribution in [3.8, 4) is 17.2 Å². The molecule has 2 heterocycles. The fourth-order valence-electron chi connectivity index (χ4n) is 4.66. The third-order valence-electron chi connectivity index (χ3n) is 6.80. The van der Waals surface area contributed by atoms with E-state index < -0.39 is 11.9 Å². The van der Waals surface area contributed by atoms with Crippen LogP contribution in [0.15, 0.2) is 51.9 Å². The zero-order valence-electron chi connectivity index (χ0n) is 22.2. The molecule has 2 aromatic carbocycles. The monoisotopic (exact) mass is 547 g/mol. The highest BCUT2D eigenvalue weighted by atomic mass is 32.1. The molecular formula is C30H29NO7S. The fourth-order valence-corrected chi connectivity index (χ4v) is 6.07. The van der Waals surface area contributed by atoms with Crippen molar-refractivity contribution in [1.29, 1.82) is 0 Å². The number of nitrogens with one attached hydrogen (secondary N) is 1. The van der Waals surface area contributed by atoms with E-state index in [1.807, 2.05) is 32.0 Å². The molecule has 0 bridgehead atoms. The van der Waals surface area contributed by atoms with E-state index in [4.69, 9.17) is 18.6 Å². The number of benzene rings is 2. The van der Waals surface area contributed by atoms with Gasteiger partial charge in [0.1, 0.15) is 28.3 Å². The van der Waals surface area contributed by atoms with E-state index in [9.17, 15) is 14.4 Å².